The summed E-state index contributed by atoms with van der Waals surface area (Å²) in [4.78, 5) is 16.6. The quantitative estimate of drug-likeness (QED) is 0.847. The third-order valence-corrected chi connectivity index (χ3v) is 4.95. The number of piperazine rings is 1. The van der Waals surface area contributed by atoms with Crippen LogP contribution in [0.2, 0.25) is 0 Å². The molecule has 0 unspecified atom stereocenters. The zero-order chi connectivity index (χ0) is 19.2. The van der Waals surface area contributed by atoms with E-state index in [0.717, 1.165) is 22.7 Å². The predicted molar refractivity (Wildman–Crippen MR) is 105 cm³/mol. The minimum Gasteiger partial charge on any atom is -0.506 e. The van der Waals surface area contributed by atoms with Crippen molar-refractivity contribution < 1.29 is 19.4 Å². The average Bonchev–Trinajstić information content (AvgIpc) is 2.72. The largest absolute Gasteiger partial charge is 0.506 e. The summed E-state index contributed by atoms with van der Waals surface area (Å²) in [6.07, 6.45) is 1.04. The molecule has 1 N–H and O–H groups in total. The Balaban J connectivity index is 1.55. The number of aromatic hydroxyl groups is 1. The van der Waals surface area contributed by atoms with Crippen molar-refractivity contribution in [1.29, 1.82) is 0 Å². The fraction of sp³-hybridized carbons (Fsp3) is 0.381. The fourth-order valence-electron chi connectivity index (χ4n) is 3.41. The maximum Gasteiger partial charge on any atom is 0.223 e. The molecule has 2 aromatic rings. The van der Waals surface area contributed by atoms with Crippen LogP contribution < -0.4 is 14.4 Å². The zero-order valence-corrected chi connectivity index (χ0v) is 15.9. The standard InChI is InChI=1S/C21H26N2O4/c1-26-17-8-9-20(27-2)16(15-17)7-10-21(25)23-13-11-22(12-14-23)18-5-3-4-6-19(18)24/h3-6,8-9,15,24H,7,10-14H2,1-2H3. The summed E-state index contributed by atoms with van der Waals surface area (Å²) in [6.45, 7) is 2.74. The van der Waals surface area contributed by atoms with Gasteiger partial charge in [-0.3, -0.25) is 4.79 Å². The average molecular weight is 370 g/mol. The molecule has 1 aliphatic heterocycles. The number of rotatable bonds is 6. The van der Waals surface area contributed by atoms with Gasteiger partial charge in [0.2, 0.25) is 5.91 Å². The third-order valence-electron chi connectivity index (χ3n) is 4.95. The van der Waals surface area contributed by atoms with Crippen molar-refractivity contribution in [2.45, 2.75) is 12.8 Å². The minimum atomic E-state index is 0.136. The molecule has 0 atom stereocenters. The van der Waals surface area contributed by atoms with Crippen LogP contribution in [0, 0.1) is 0 Å². The molecule has 1 aliphatic rings. The second kappa shape index (κ2) is 8.66. The summed E-state index contributed by atoms with van der Waals surface area (Å²) < 4.78 is 10.7. The lowest BCUT2D eigenvalue weighted by molar-refractivity contribution is -0.131. The van der Waals surface area contributed by atoms with Crippen LogP contribution in [-0.4, -0.2) is 56.3 Å². The first-order valence-corrected chi connectivity index (χ1v) is 9.14. The van der Waals surface area contributed by atoms with Crippen LogP contribution in [0.25, 0.3) is 0 Å². The molecule has 1 saturated heterocycles. The first-order chi connectivity index (χ1) is 13.1. The van der Waals surface area contributed by atoms with Crippen LogP contribution in [0.15, 0.2) is 42.5 Å². The number of amides is 1. The van der Waals surface area contributed by atoms with Crippen LogP contribution in [0.5, 0.6) is 17.2 Å². The molecule has 144 valence electrons. The summed E-state index contributed by atoms with van der Waals surface area (Å²) >= 11 is 0. The van der Waals surface area contributed by atoms with Crippen LogP contribution >= 0.6 is 0 Å². The van der Waals surface area contributed by atoms with E-state index in [1.165, 1.54) is 0 Å². The van der Waals surface area contributed by atoms with Crippen LogP contribution in [0.4, 0.5) is 5.69 Å². The van der Waals surface area contributed by atoms with Crippen molar-refractivity contribution in [3.05, 3.63) is 48.0 Å². The Hall–Kier alpha value is -2.89. The molecule has 1 fully saturated rings. The second-order valence-electron chi connectivity index (χ2n) is 6.53. The maximum absolute atomic E-state index is 12.6. The summed E-state index contributed by atoms with van der Waals surface area (Å²) in [5.41, 5.74) is 1.80. The van der Waals surface area contributed by atoms with E-state index in [4.69, 9.17) is 9.47 Å². The highest BCUT2D eigenvalue weighted by Gasteiger charge is 2.22. The van der Waals surface area contributed by atoms with Crippen molar-refractivity contribution in [3.63, 3.8) is 0 Å². The Bertz CT molecular complexity index is 786. The number of benzene rings is 2. The summed E-state index contributed by atoms with van der Waals surface area (Å²) in [5.74, 6) is 1.95. The first kappa shape index (κ1) is 18.9. The van der Waals surface area contributed by atoms with Crippen LogP contribution in [0.1, 0.15) is 12.0 Å². The zero-order valence-electron chi connectivity index (χ0n) is 15.9. The molecule has 6 heteroatoms. The summed E-state index contributed by atoms with van der Waals surface area (Å²) in [7, 11) is 3.26. The molecule has 0 radical (unpaired) electrons. The summed E-state index contributed by atoms with van der Waals surface area (Å²) in [6, 6.07) is 12.9. The van der Waals surface area contributed by atoms with Crippen molar-refractivity contribution >= 4 is 11.6 Å². The van der Waals surface area contributed by atoms with Gasteiger partial charge in [-0.25, -0.2) is 0 Å². The number of phenols is 1. The topological polar surface area (TPSA) is 62.2 Å². The van der Waals surface area contributed by atoms with E-state index in [1.807, 2.05) is 41.3 Å². The Kier molecular flexibility index (Phi) is 6.06. The predicted octanol–water partition coefficient (Wildman–Crippen LogP) is 2.69. The number of ether oxygens (including phenoxy) is 2. The molecule has 3 rings (SSSR count). The van der Waals surface area contributed by atoms with E-state index in [2.05, 4.69) is 4.90 Å². The highest BCUT2D eigenvalue weighted by atomic mass is 16.5. The van der Waals surface area contributed by atoms with Crippen molar-refractivity contribution in [2.75, 3.05) is 45.3 Å². The van der Waals surface area contributed by atoms with Crippen molar-refractivity contribution in [3.8, 4) is 17.2 Å². The lowest BCUT2D eigenvalue weighted by Gasteiger charge is -2.36. The van der Waals surface area contributed by atoms with Gasteiger partial charge in [-0.15, -0.1) is 0 Å². The van der Waals surface area contributed by atoms with Crippen LogP contribution in [-0.2, 0) is 11.2 Å². The Labute approximate surface area is 159 Å². The second-order valence-corrected chi connectivity index (χ2v) is 6.53. The number of hydrogen-bond donors (Lipinski definition) is 1. The molecule has 6 nitrogen and oxygen atoms in total. The molecular weight excluding hydrogens is 344 g/mol. The highest BCUT2D eigenvalue weighted by molar-refractivity contribution is 5.77. The molecule has 0 aromatic heterocycles. The van der Waals surface area contributed by atoms with Gasteiger partial charge in [0.25, 0.3) is 0 Å². The van der Waals surface area contributed by atoms with Gasteiger partial charge >= 0.3 is 0 Å². The number of hydrogen-bond acceptors (Lipinski definition) is 5. The van der Waals surface area contributed by atoms with Crippen molar-refractivity contribution in [2.24, 2.45) is 0 Å². The SMILES string of the molecule is COc1ccc(OC)c(CCC(=O)N2CCN(c3ccccc3O)CC2)c1. The molecular formula is C21H26N2O4. The van der Waals surface area contributed by atoms with E-state index in [9.17, 15) is 9.90 Å². The van der Waals surface area contributed by atoms with Crippen LogP contribution in [0.3, 0.4) is 0 Å². The number of para-hydroxylation sites is 2. The third kappa shape index (κ3) is 4.45. The van der Waals surface area contributed by atoms with E-state index >= 15 is 0 Å². The van der Waals surface area contributed by atoms with E-state index < -0.39 is 0 Å². The molecule has 0 spiro atoms. The number of phenolic OH excluding ortho intramolecular Hbond substituents is 1. The Morgan fingerprint density at radius 3 is 2.44 bits per heavy atom. The van der Waals surface area contributed by atoms with Gasteiger partial charge in [-0.1, -0.05) is 12.1 Å². The molecule has 0 saturated carbocycles. The van der Waals surface area contributed by atoms with Gasteiger partial charge in [0.15, 0.2) is 0 Å². The minimum absolute atomic E-state index is 0.136. The van der Waals surface area contributed by atoms with Gasteiger partial charge in [0.1, 0.15) is 17.2 Å². The normalized spacial score (nSPS) is 14.1. The molecule has 2 aromatic carbocycles. The molecule has 0 aliphatic carbocycles. The summed E-state index contributed by atoms with van der Waals surface area (Å²) in [5, 5.41) is 10.00. The van der Waals surface area contributed by atoms with Gasteiger partial charge in [-0.2, -0.15) is 0 Å². The van der Waals surface area contributed by atoms with E-state index in [-0.39, 0.29) is 11.7 Å². The fourth-order valence-corrected chi connectivity index (χ4v) is 3.41. The number of nitrogens with zero attached hydrogens (tertiary/aromatic N) is 2. The number of anilines is 1. The smallest absolute Gasteiger partial charge is 0.223 e. The lowest BCUT2D eigenvalue weighted by atomic mass is 10.1. The molecule has 27 heavy (non-hydrogen) atoms. The molecule has 1 heterocycles. The first-order valence-electron chi connectivity index (χ1n) is 9.14. The van der Waals surface area contributed by atoms with Gasteiger partial charge < -0.3 is 24.4 Å². The van der Waals surface area contributed by atoms with Crippen molar-refractivity contribution in [1.82, 2.24) is 4.90 Å². The van der Waals surface area contributed by atoms with E-state index in [1.54, 1.807) is 20.3 Å². The van der Waals surface area contributed by atoms with Gasteiger partial charge in [-0.05, 0) is 42.3 Å². The number of aryl methyl sites for hydroxylation is 1. The molecule has 0 bridgehead atoms. The highest BCUT2D eigenvalue weighted by Crippen LogP contribution is 2.28. The number of carbonyl (C=O) groups excluding carboxylic acids is 1. The lowest BCUT2D eigenvalue weighted by Crippen LogP contribution is -2.48. The Morgan fingerprint density at radius 2 is 1.78 bits per heavy atom. The van der Waals surface area contributed by atoms with Gasteiger partial charge in [0.05, 0.1) is 19.9 Å². The van der Waals surface area contributed by atoms with E-state index in [0.29, 0.717) is 39.0 Å². The monoisotopic (exact) mass is 370 g/mol. The van der Waals surface area contributed by atoms with Gasteiger partial charge in [0, 0.05) is 32.6 Å². The number of carbonyl (C=O) groups is 1. The Morgan fingerprint density at radius 1 is 1.04 bits per heavy atom. The molecule has 1 amide bonds. The maximum atomic E-state index is 12.6. The number of methoxy groups -OCH3 is 2.